The molecule has 0 unspecified atom stereocenters. The van der Waals surface area contributed by atoms with E-state index in [1.54, 1.807) is 12.4 Å². The van der Waals surface area contributed by atoms with Gasteiger partial charge in [0, 0.05) is 17.4 Å². The summed E-state index contributed by atoms with van der Waals surface area (Å²) in [5.41, 5.74) is 1.07. The molecule has 0 aliphatic rings. The molecule has 1 heterocycles. The van der Waals surface area contributed by atoms with Crippen LogP contribution in [0.5, 0.6) is 0 Å². The second kappa shape index (κ2) is 4.36. The Hall–Kier alpha value is -1.48. The molecule has 15 heavy (non-hydrogen) atoms. The highest BCUT2D eigenvalue weighted by atomic mass is 35.5. The van der Waals surface area contributed by atoms with Crippen LogP contribution in [0.3, 0.4) is 0 Å². The van der Waals surface area contributed by atoms with Crippen LogP contribution < -0.4 is 5.32 Å². The number of benzene rings is 1. The van der Waals surface area contributed by atoms with Crippen molar-refractivity contribution in [2.24, 2.45) is 0 Å². The monoisotopic (exact) mass is 221 g/mol. The highest BCUT2D eigenvalue weighted by Gasteiger charge is 2.09. The number of rotatable bonds is 3. The Morgan fingerprint density at radius 1 is 1.40 bits per heavy atom. The average molecular weight is 222 g/mol. The van der Waals surface area contributed by atoms with Gasteiger partial charge in [-0.3, -0.25) is 0 Å². The van der Waals surface area contributed by atoms with Gasteiger partial charge in [-0.15, -0.1) is 0 Å². The van der Waals surface area contributed by atoms with Crippen molar-refractivity contribution in [1.82, 2.24) is 9.97 Å². The molecule has 0 aliphatic heterocycles. The van der Waals surface area contributed by atoms with E-state index in [0.29, 0.717) is 0 Å². The molecular weight excluding hydrogens is 210 g/mol. The number of aromatic nitrogens is 2. The summed E-state index contributed by atoms with van der Waals surface area (Å²) in [6.45, 7) is 2.05. The molecule has 0 bridgehead atoms. The third-order valence-corrected chi connectivity index (χ3v) is 2.57. The highest BCUT2D eigenvalue weighted by molar-refractivity contribution is 6.31. The van der Waals surface area contributed by atoms with Crippen molar-refractivity contribution in [2.45, 2.75) is 13.0 Å². The van der Waals surface area contributed by atoms with E-state index in [4.69, 9.17) is 11.6 Å². The van der Waals surface area contributed by atoms with Crippen molar-refractivity contribution in [1.29, 1.82) is 0 Å². The third kappa shape index (κ3) is 2.30. The zero-order valence-electron chi connectivity index (χ0n) is 8.37. The lowest BCUT2D eigenvalue weighted by atomic mass is 10.1. The Balaban J connectivity index is 2.15. The molecule has 2 rings (SSSR count). The van der Waals surface area contributed by atoms with E-state index in [2.05, 4.69) is 15.3 Å². The second-order valence-electron chi connectivity index (χ2n) is 3.33. The fourth-order valence-corrected chi connectivity index (χ4v) is 1.75. The molecule has 0 saturated carbocycles. The lowest BCUT2D eigenvalue weighted by molar-refractivity contribution is 0.868. The smallest absolute Gasteiger partial charge is 0.200 e. The van der Waals surface area contributed by atoms with Crippen LogP contribution >= 0.6 is 11.6 Å². The summed E-state index contributed by atoms with van der Waals surface area (Å²) < 4.78 is 0. The quantitative estimate of drug-likeness (QED) is 0.836. The number of imidazole rings is 1. The lowest BCUT2D eigenvalue weighted by Gasteiger charge is -2.14. The molecule has 0 amide bonds. The zero-order chi connectivity index (χ0) is 10.7. The topological polar surface area (TPSA) is 40.7 Å². The molecule has 1 aromatic carbocycles. The number of aromatic amines is 1. The second-order valence-corrected chi connectivity index (χ2v) is 3.73. The fraction of sp³-hybridized carbons (Fsp3) is 0.182. The summed E-state index contributed by atoms with van der Waals surface area (Å²) in [5.74, 6) is 0.752. The van der Waals surface area contributed by atoms with Crippen LogP contribution in [0.25, 0.3) is 0 Å². The molecule has 0 spiro atoms. The summed E-state index contributed by atoms with van der Waals surface area (Å²) in [4.78, 5) is 7.09. The molecule has 1 aromatic heterocycles. The predicted octanol–water partition coefficient (Wildman–Crippen LogP) is 3.24. The van der Waals surface area contributed by atoms with E-state index in [1.165, 1.54) is 0 Å². The minimum Gasteiger partial charge on any atom is -0.349 e. The van der Waals surface area contributed by atoms with Crippen LogP contribution in [-0.2, 0) is 0 Å². The van der Waals surface area contributed by atoms with Crippen molar-refractivity contribution in [3.05, 3.63) is 47.2 Å². The van der Waals surface area contributed by atoms with Crippen molar-refractivity contribution in [3.63, 3.8) is 0 Å². The number of hydrogen-bond donors (Lipinski definition) is 2. The van der Waals surface area contributed by atoms with E-state index in [9.17, 15) is 0 Å². The van der Waals surface area contributed by atoms with Crippen LogP contribution in [0, 0.1) is 0 Å². The summed E-state index contributed by atoms with van der Waals surface area (Å²) in [7, 11) is 0. The predicted molar refractivity (Wildman–Crippen MR) is 62.1 cm³/mol. The Morgan fingerprint density at radius 2 is 2.20 bits per heavy atom. The van der Waals surface area contributed by atoms with Crippen LogP contribution in [0.2, 0.25) is 5.02 Å². The van der Waals surface area contributed by atoms with Crippen LogP contribution in [0.4, 0.5) is 5.95 Å². The van der Waals surface area contributed by atoms with E-state index in [-0.39, 0.29) is 6.04 Å². The molecule has 78 valence electrons. The Morgan fingerprint density at radius 3 is 2.87 bits per heavy atom. The Labute approximate surface area is 93.5 Å². The maximum Gasteiger partial charge on any atom is 0.200 e. The molecule has 2 aromatic rings. The van der Waals surface area contributed by atoms with Crippen LogP contribution in [0.1, 0.15) is 18.5 Å². The number of H-pyrrole nitrogens is 1. The Bertz CT molecular complexity index is 425. The maximum atomic E-state index is 6.09. The van der Waals surface area contributed by atoms with Gasteiger partial charge in [0.05, 0.1) is 6.04 Å². The maximum absolute atomic E-state index is 6.09. The van der Waals surface area contributed by atoms with Crippen LogP contribution in [-0.4, -0.2) is 9.97 Å². The number of nitrogens with one attached hydrogen (secondary N) is 2. The van der Waals surface area contributed by atoms with Gasteiger partial charge in [-0.1, -0.05) is 29.8 Å². The fourth-order valence-electron chi connectivity index (χ4n) is 1.45. The van der Waals surface area contributed by atoms with Gasteiger partial charge in [0.1, 0.15) is 0 Å². The van der Waals surface area contributed by atoms with Gasteiger partial charge < -0.3 is 10.3 Å². The minimum atomic E-state index is 0.129. The van der Waals surface area contributed by atoms with Crippen molar-refractivity contribution >= 4 is 17.5 Å². The lowest BCUT2D eigenvalue weighted by Crippen LogP contribution is -2.08. The summed E-state index contributed by atoms with van der Waals surface area (Å²) in [6.07, 6.45) is 3.49. The van der Waals surface area contributed by atoms with Gasteiger partial charge in [-0.05, 0) is 18.6 Å². The molecule has 3 nitrogen and oxygen atoms in total. The largest absolute Gasteiger partial charge is 0.349 e. The number of halogens is 1. The molecule has 2 N–H and O–H groups in total. The van der Waals surface area contributed by atoms with E-state index < -0.39 is 0 Å². The third-order valence-electron chi connectivity index (χ3n) is 2.22. The highest BCUT2D eigenvalue weighted by Crippen LogP contribution is 2.24. The average Bonchev–Trinajstić information content (AvgIpc) is 2.71. The van der Waals surface area contributed by atoms with Crippen molar-refractivity contribution < 1.29 is 0 Å². The van der Waals surface area contributed by atoms with Gasteiger partial charge >= 0.3 is 0 Å². The summed E-state index contributed by atoms with van der Waals surface area (Å²) in [5, 5.41) is 4.00. The molecule has 0 aliphatic carbocycles. The van der Waals surface area contributed by atoms with Crippen molar-refractivity contribution in [3.8, 4) is 0 Å². The van der Waals surface area contributed by atoms with Crippen molar-refractivity contribution in [2.75, 3.05) is 5.32 Å². The first-order valence-electron chi connectivity index (χ1n) is 4.77. The number of hydrogen-bond acceptors (Lipinski definition) is 2. The zero-order valence-corrected chi connectivity index (χ0v) is 9.12. The minimum absolute atomic E-state index is 0.129. The van der Waals surface area contributed by atoms with E-state index >= 15 is 0 Å². The molecular formula is C11H12ClN3. The molecule has 1 atom stereocenters. The molecule has 0 radical (unpaired) electrons. The molecule has 4 heteroatoms. The normalized spacial score (nSPS) is 12.4. The number of anilines is 1. The Kier molecular flexibility index (Phi) is 2.92. The summed E-state index contributed by atoms with van der Waals surface area (Å²) >= 11 is 6.09. The SMILES string of the molecule is C[C@@H](Nc1ncc[nH]1)c1ccccc1Cl. The van der Waals surface area contributed by atoms with Gasteiger partial charge in [0.2, 0.25) is 5.95 Å². The van der Waals surface area contributed by atoms with E-state index in [0.717, 1.165) is 16.5 Å². The number of nitrogens with zero attached hydrogens (tertiary/aromatic N) is 1. The molecule has 0 saturated heterocycles. The van der Waals surface area contributed by atoms with Gasteiger partial charge in [-0.25, -0.2) is 4.98 Å². The first-order valence-corrected chi connectivity index (χ1v) is 5.15. The first kappa shape index (κ1) is 10.1. The standard InChI is InChI=1S/C11H12ClN3/c1-8(15-11-13-6-7-14-11)9-4-2-3-5-10(9)12/h2-8H,1H3,(H2,13,14,15)/t8-/m1/s1. The van der Waals surface area contributed by atoms with Crippen LogP contribution in [0.15, 0.2) is 36.7 Å². The van der Waals surface area contributed by atoms with Gasteiger partial charge in [-0.2, -0.15) is 0 Å². The summed E-state index contributed by atoms with van der Waals surface area (Å²) in [6, 6.07) is 7.91. The van der Waals surface area contributed by atoms with Gasteiger partial charge in [0.15, 0.2) is 0 Å². The first-order chi connectivity index (χ1) is 7.27. The molecule has 0 fully saturated rings. The van der Waals surface area contributed by atoms with Gasteiger partial charge in [0.25, 0.3) is 0 Å². The van der Waals surface area contributed by atoms with E-state index in [1.807, 2.05) is 31.2 Å².